The van der Waals surface area contributed by atoms with E-state index in [9.17, 15) is 0 Å². The van der Waals surface area contributed by atoms with Gasteiger partial charge in [0.05, 0.1) is 13.2 Å². The van der Waals surface area contributed by atoms with Gasteiger partial charge in [-0.3, -0.25) is 0 Å². The van der Waals surface area contributed by atoms with E-state index in [0.29, 0.717) is 0 Å². The number of aryl methyl sites for hydroxylation is 1. The Balaban J connectivity index is 1.59. The van der Waals surface area contributed by atoms with Crippen molar-refractivity contribution in [2.24, 2.45) is 0 Å². The maximum Gasteiger partial charge on any atom is 0.0642 e. The van der Waals surface area contributed by atoms with Crippen molar-refractivity contribution in [2.45, 2.75) is 13.5 Å². The second kappa shape index (κ2) is 6.64. The second-order valence-corrected chi connectivity index (χ2v) is 5.49. The third-order valence-electron chi connectivity index (χ3n) is 3.83. The first-order valence-electron chi connectivity index (χ1n) is 7.53. The monoisotopic (exact) mass is 282 g/mol. The Morgan fingerprint density at radius 1 is 1.05 bits per heavy atom. The summed E-state index contributed by atoms with van der Waals surface area (Å²) in [6.45, 7) is 6.60. The van der Waals surface area contributed by atoms with Gasteiger partial charge in [-0.1, -0.05) is 24.3 Å². The molecule has 110 valence electrons. The van der Waals surface area contributed by atoms with E-state index >= 15 is 0 Å². The smallest absolute Gasteiger partial charge is 0.0642 e. The Kier molecular flexibility index (Phi) is 4.41. The van der Waals surface area contributed by atoms with E-state index < -0.39 is 0 Å². The van der Waals surface area contributed by atoms with Crippen LogP contribution in [0.5, 0.6) is 0 Å². The number of benzene rings is 2. The number of hydrogen-bond acceptors (Lipinski definition) is 3. The van der Waals surface area contributed by atoms with Gasteiger partial charge in [0.25, 0.3) is 0 Å². The quantitative estimate of drug-likeness (QED) is 0.929. The summed E-state index contributed by atoms with van der Waals surface area (Å²) < 4.78 is 5.39. The number of rotatable bonds is 4. The predicted molar refractivity (Wildman–Crippen MR) is 88.0 cm³/mol. The number of ether oxygens (including phenoxy) is 1. The van der Waals surface area contributed by atoms with Crippen LogP contribution in [0.1, 0.15) is 11.1 Å². The lowest BCUT2D eigenvalue weighted by Gasteiger charge is -2.28. The highest BCUT2D eigenvalue weighted by atomic mass is 16.5. The fourth-order valence-electron chi connectivity index (χ4n) is 2.61. The molecule has 1 heterocycles. The van der Waals surface area contributed by atoms with Crippen molar-refractivity contribution in [2.75, 3.05) is 36.5 Å². The molecule has 1 saturated heterocycles. The molecule has 1 aliphatic rings. The van der Waals surface area contributed by atoms with Crippen molar-refractivity contribution >= 4 is 11.4 Å². The predicted octanol–water partition coefficient (Wildman–Crippen LogP) is 3.44. The summed E-state index contributed by atoms with van der Waals surface area (Å²) in [5, 5.41) is 3.47. The van der Waals surface area contributed by atoms with Crippen LogP contribution in [0.3, 0.4) is 0 Å². The third kappa shape index (κ3) is 3.76. The van der Waals surface area contributed by atoms with Gasteiger partial charge in [0.2, 0.25) is 0 Å². The van der Waals surface area contributed by atoms with Crippen LogP contribution in [0.4, 0.5) is 11.4 Å². The van der Waals surface area contributed by atoms with Crippen molar-refractivity contribution in [1.82, 2.24) is 0 Å². The zero-order valence-corrected chi connectivity index (χ0v) is 12.5. The van der Waals surface area contributed by atoms with Gasteiger partial charge in [-0.05, 0) is 42.3 Å². The Bertz CT molecular complexity index is 574. The minimum atomic E-state index is 0.830. The first kappa shape index (κ1) is 14.0. The van der Waals surface area contributed by atoms with Gasteiger partial charge in [-0.15, -0.1) is 0 Å². The van der Waals surface area contributed by atoms with Gasteiger partial charge in [-0.25, -0.2) is 0 Å². The average molecular weight is 282 g/mol. The number of anilines is 2. The molecule has 0 saturated carbocycles. The van der Waals surface area contributed by atoms with Gasteiger partial charge in [0.15, 0.2) is 0 Å². The van der Waals surface area contributed by atoms with Crippen molar-refractivity contribution < 1.29 is 4.74 Å². The highest BCUT2D eigenvalue weighted by Gasteiger charge is 2.10. The second-order valence-electron chi connectivity index (χ2n) is 5.49. The van der Waals surface area contributed by atoms with Crippen LogP contribution in [-0.4, -0.2) is 26.3 Å². The summed E-state index contributed by atoms with van der Waals surface area (Å²) in [7, 11) is 0. The van der Waals surface area contributed by atoms with Crippen molar-refractivity contribution in [1.29, 1.82) is 0 Å². The van der Waals surface area contributed by atoms with Gasteiger partial charge in [0, 0.05) is 31.0 Å². The Morgan fingerprint density at radius 2 is 1.81 bits per heavy atom. The molecule has 0 bridgehead atoms. The number of hydrogen-bond donors (Lipinski definition) is 1. The largest absolute Gasteiger partial charge is 0.381 e. The lowest BCUT2D eigenvalue weighted by Crippen LogP contribution is -2.36. The van der Waals surface area contributed by atoms with Crippen LogP contribution in [0.15, 0.2) is 48.5 Å². The molecular formula is C18H22N2O. The van der Waals surface area contributed by atoms with Crippen LogP contribution in [0, 0.1) is 6.92 Å². The molecule has 1 N–H and O–H groups in total. The van der Waals surface area contributed by atoms with Gasteiger partial charge in [0.1, 0.15) is 0 Å². The van der Waals surface area contributed by atoms with E-state index in [4.69, 9.17) is 4.74 Å². The molecule has 0 spiro atoms. The number of morpholine rings is 1. The first-order valence-corrected chi connectivity index (χ1v) is 7.53. The van der Waals surface area contributed by atoms with E-state index in [1.807, 2.05) is 0 Å². The number of nitrogens with one attached hydrogen (secondary N) is 1. The molecule has 0 aliphatic carbocycles. The number of nitrogens with zero attached hydrogens (tertiary/aromatic N) is 1. The maximum absolute atomic E-state index is 5.39. The molecule has 3 nitrogen and oxygen atoms in total. The molecule has 0 atom stereocenters. The Labute approximate surface area is 126 Å². The van der Waals surface area contributed by atoms with E-state index in [1.54, 1.807) is 0 Å². The van der Waals surface area contributed by atoms with Gasteiger partial charge < -0.3 is 15.0 Å². The molecule has 0 amide bonds. The fraction of sp³-hybridized carbons (Fsp3) is 0.333. The Hall–Kier alpha value is -2.00. The van der Waals surface area contributed by atoms with Crippen LogP contribution < -0.4 is 10.2 Å². The van der Waals surface area contributed by atoms with Gasteiger partial charge >= 0.3 is 0 Å². The summed E-state index contributed by atoms with van der Waals surface area (Å²) in [5.74, 6) is 0. The molecular weight excluding hydrogens is 260 g/mol. The van der Waals surface area contributed by atoms with E-state index in [-0.39, 0.29) is 0 Å². The Morgan fingerprint density at radius 3 is 2.52 bits per heavy atom. The third-order valence-corrected chi connectivity index (χ3v) is 3.83. The van der Waals surface area contributed by atoms with Gasteiger partial charge in [-0.2, -0.15) is 0 Å². The van der Waals surface area contributed by atoms with Crippen LogP contribution in [0.25, 0.3) is 0 Å². The van der Waals surface area contributed by atoms with E-state index in [2.05, 4.69) is 65.7 Å². The average Bonchev–Trinajstić information content (AvgIpc) is 2.54. The van der Waals surface area contributed by atoms with Crippen molar-refractivity contribution in [3.8, 4) is 0 Å². The topological polar surface area (TPSA) is 24.5 Å². The van der Waals surface area contributed by atoms with Crippen molar-refractivity contribution in [3.05, 3.63) is 59.7 Å². The lowest BCUT2D eigenvalue weighted by atomic mass is 10.1. The van der Waals surface area contributed by atoms with Crippen molar-refractivity contribution in [3.63, 3.8) is 0 Å². The summed E-state index contributed by atoms with van der Waals surface area (Å²) in [4.78, 5) is 2.38. The summed E-state index contributed by atoms with van der Waals surface area (Å²) in [5.41, 5.74) is 5.04. The summed E-state index contributed by atoms with van der Waals surface area (Å²) in [6, 6.07) is 17.3. The minimum absolute atomic E-state index is 0.830. The molecule has 0 radical (unpaired) electrons. The maximum atomic E-state index is 5.39. The molecule has 3 heteroatoms. The molecule has 0 aromatic heterocycles. The molecule has 21 heavy (non-hydrogen) atoms. The highest BCUT2D eigenvalue weighted by molar-refractivity contribution is 5.49. The fourth-order valence-corrected chi connectivity index (χ4v) is 2.61. The molecule has 3 rings (SSSR count). The SMILES string of the molecule is Cc1cccc(NCc2ccc(N3CCOCC3)cc2)c1. The zero-order valence-electron chi connectivity index (χ0n) is 12.5. The van der Waals surface area contributed by atoms with E-state index in [0.717, 1.165) is 32.8 Å². The standard InChI is InChI=1S/C18H22N2O/c1-15-3-2-4-17(13-15)19-14-16-5-7-18(8-6-16)20-9-11-21-12-10-20/h2-8,13,19H,9-12,14H2,1H3. The highest BCUT2D eigenvalue weighted by Crippen LogP contribution is 2.17. The minimum Gasteiger partial charge on any atom is -0.381 e. The molecule has 1 fully saturated rings. The zero-order chi connectivity index (χ0) is 14.5. The van der Waals surface area contributed by atoms with Crippen LogP contribution >= 0.6 is 0 Å². The normalized spacial score (nSPS) is 15.0. The first-order chi connectivity index (χ1) is 10.3. The lowest BCUT2D eigenvalue weighted by molar-refractivity contribution is 0.122. The molecule has 2 aromatic carbocycles. The molecule has 2 aromatic rings. The van der Waals surface area contributed by atoms with Crippen LogP contribution in [-0.2, 0) is 11.3 Å². The van der Waals surface area contributed by atoms with E-state index in [1.165, 1.54) is 22.5 Å². The summed E-state index contributed by atoms with van der Waals surface area (Å²) in [6.07, 6.45) is 0. The molecule has 0 unspecified atom stereocenters. The molecule has 1 aliphatic heterocycles. The summed E-state index contributed by atoms with van der Waals surface area (Å²) >= 11 is 0. The van der Waals surface area contributed by atoms with Crippen LogP contribution in [0.2, 0.25) is 0 Å².